The molecule has 1 atom stereocenters. The zero-order chi connectivity index (χ0) is 17.6. The van der Waals surface area contributed by atoms with Gasteiger partial charge in [-0.05, 0) is 18.4 Å². The Morgan fingerprint density at radius 1 is 1.35 bits per heavy atom. The first-order valence-corrected chi connectivity index (χ1v) is 8.06. The first-order valence-electron chi connectivity index (χ1n) is 8.06. The molecule has 1 aromatic heterocycles. The van der Waals surface area contributed by atoms with Crippen molar-refractivity contribution in [3.63, 3.8) is 0 Å². The molecule has 0 radical (unpaired) electrons. The predicted molar refractivity (Wildman–Crippen MR) is 87.3 cm³/mol. The Morgan fingerprint density at radius 2 is 1.96 bits per heavy atom. The van der Waals surface area contributed by atoms with E-state index < -0.39 is 11.4 Å². The van der Waals surface area contributed by atoms with Gasteiger partial charge in [-0.1, -0.05) is 34.6 Å². The quantitative estimate of drug-likeness (QED) is 0.927. The van der Waals surface area contributed by atoms with E-state index in [0.29, 0.717) is 18.7 Å². The van der Waals surface area contributed by atoms with E-state index in [9.17, 15) is 14.7 Å². The number of carbonyl (C=O) groups excluding carboxylic acids is 1. The summed E-state index contributed by atoms with van der Waals surface area (Å²) in [6, 6.07) is 1.82. The average molecular weight is 321 g/mol. The van der Waals surface area contributed by atoms with Crippen molar-refractivity contribution in [3.05, 3.63) is 17.5 Å². The molecule has 128 valence electrons. The largest absolute Gasteiger partial charge is 0.481 e. The van der Waals surface area contributed by atoms with E-state index in [-0.39, 0.29) is 23.8 Å². The van der Waals surface area contributed by atoms with Gasteiger partial charge in [0, 0.05) is 25.6 Å². The highest BCUT2D eigenvalue weighted by Crippen LogP contribution is 2.38. The lowest BCUT2D eigenvalue weighted by atomic mass is 9.76. The van der Waals surface area contributed by atoms with E-state index in [2.05, 4.69) is 5.10 Å². The van der Waals surface area contributed by atoms with Gasteiger partial charge in [-0.2, -0.15) is 5.10 Å². The number of hydrogen-bond acceptors (Lipinski definition) is 3. The summed E-state index contributed by atoms with van der Waals surface area (Å²) >= 11 is 0. The Morgan fingerprint density at radius 3 is 2.35 bits per heavy atom. The zero-order valence-corrected chi connectivity index (χ0v) is 14.9. The van der Waals surface area contributed by atoms with Gasteiger partial charge in [-0.25, -0.2) is 0 Å². The molecule has 0 aliphatic carbocycles. The van der Waals surface area contributed by atoms with Crippen molar-refractivity contribution in [1.82, 2.24) is 14.7 Å². The Hall–Kier alpha value is -1.85. The van der Waals surface area contributed by atoms with Crippen LogP contribution in [0.25, 0.3) is 0 Å². The SMILES string of the molecule is CC(C)C1(C(=O)O)CCN(C(=O)c2cc(C(C)(C)C)nn2C)C1. The number of carboxylic acid groups (broad SMARTS) is 1. The molecule has 1 aliphatic heterocycles. The fraction of sp³-hybridized carbons (Fsp3) is 0.706. The van der Waals surface area contributed by atoms with Crippen molar-refractivity contribution in [2.45, 2.75) is 46.5 Å². The van der Waals surface area contributed by atoms with E-state index in [4.69, 9.17) is 0 Å². The van der Waals surface area contributed by atoms with Crippen molar-refractivity contribution in [3.8, 4) is 0 Å². The molecule has 2 heterocycles. The molecule has 0 saturated carbocycles. The zero-order valence-electron chi connectivity index (χ0n) is 14.9. The third-order valence-corrected chi connectivity index (χ3v) is 4.99. The minimum Gasteiger partial charge on any atom is -0.481 e. The highest BCUT2D eigenvalue weighted by atomic mass is 16.4. The number of aryl methyl sites for hydroxylation is 1. The molecule has 23 heavy (non-hydrogen) atoms. The van der Waals surface area contributed by atoms with Gasteiger partial charge in [-0.3, -0.25) is 14.3 Å². The number of nitrogens with zero attached hydrogens (tertiary/aromatic N) is 3. The van der Waals surface area contributed by atoms with E-state index in [1.54, 1.807) is 16.6 Å². The summed E-state index contributed by atoms with van der Waals surface area (Å²) in [5, 5.41) is 14.0. The summed E-state index contributed by atoms with van der Waals surface area (Å²) < 4.78 is 1.60. The minimum absolute atomic E-state index is 0.0190. The van der Waals surface area contributed by atoms with Gasteiger partial charge in [-0.15, -0.1) is 0 Å². The van der Waals surface area contributed by atoms with Crippen LogP contribution in [0.2, 0.25) is 0 Å². The fourth-order valence-corrected chi connectivity index (χ4v) is 3.10. The normalized spacial score (nSPS) is 22.0. The van der Waals surface area contributed by atoms with Crippen LogP contribution in [0.1, 0.15) is 57.2 Å². The third-order valence-electron chi connectivity index (χ3n) is 4.99. The van der Waals surface area contributed by atoms with Crippen LogP contribution < -0.4 is 0 Å². The summed E-state index contributed by atoms with van der Waals surface area (Å²) in [5.41, 5.74) is 0.390. The molecule has 1 aromatic rings. The summed E-state index contributed by atoms with van der Waals surface area (Å²) in [5.74, 6) is -0.975. The highest BCUT2D eigenvalue weighted by molar-refractivity contribution is 5.93. The van der Waals surface area contributed by atoms with Crippen LogP contribution in [-0.2, 0) is 17.3 Å². The molecule has 0 bridgehead atoms. The lowest BCUT2D eigenvalue weighted by molar-refractivity contribution is -0.150. The third kappa shape index (κ3) is 2.99. The molecule has 0 aromatic carbocycles. The first kappa shape index (κ1) is 17.5. The van der Waals surface area contributed by atoms with E-state index in [1.807, 2.05) is 40.7 Å². The van der Waals surface area contributed by atoms with Crippen LogP contribution in [0.4, 0.5) is 0 Å². The van der Waals surface area contributed by atoms with Gasteiger partial charge in [0.2, 0.25) is 0 Å². The number of carbonyl (C=O) groups is 2. The second kappa shape index (κ2) is 5.65. The topological polar surface area (TPSA) is 75.4 Å². The van der Waals surface area contributed by atoms with Crippen molar-refractivity contribution in [1.29, 1.82) is 0 Å². The summed E-state index contributed by atoms with van der Waals surface area (Å²) in [4.78, 5) is 26.2. The van der Waals surface area contributed by atoms with Gasteiger partial charge in [0.05, 0.1) is 11.1 Å². The minimum atomic E-state index is -0.846. The summed E-state index contributed by atoms with van der Waals surface area (Å²) in [6.45, 7) is 10.7. The second-order valence-corrected chi connectivity index (χ2v) is 7.88. The Balaban J connectivity index is 2.26. The molecule has 1 unspecified atom stereocenters. The van der Waals surface area contributed by atoms with Gasteiger partial charge < -0.3 is 10.0 Å². The number of amides is 1. The lowest BCUT2D eigenvalue weighted by Gasteiger charge is -2.28. The highest BCUT2D eigenvalue weighted by Gasteiger charge is 2.48. The van der Waals surface area contributed by atoms with Crippen LogP contribution >= 0.6 is 0 Å². The van der Waals surface area contributed by atoms with Crippen LogP contribution in [0, 0.1) is 11.3 Å². The summed E-state index contributed by atoms with van der Waals surface area (Å²) in [7, 11) is 1.76. The first-order chi connectivity index (χ1) is 10.5. The van der Waals surface area contributed by atoms with Gasteiger partial charge >= 0.3 is 5.97 Å². The standard InChI is InChI=1S/C17H27N3O3/c1-11(2)17(15(22)23)7-8-20(10-17)14(21)12-9-13(16(3,4)5)18-19(12)6/h9,11H,7-8,10H2,1-6H3,(H,22,23). The molecule has 1 fully saturated rings. The molecule has 6 heteroatoms. The van der Waals surface area contributed by atoms with Gasteiger partial charge in [0.15, 0.2) is 0 Å². The van der Waals surface area contributed by atoms with E-state index >= 15 is 0 Å². The monoisotopic (exact) mass is 321 g/mol. The van der Waals surface area contributed by atoms with Gasteiger partial charge in [0.25, 0.3) is 5.91 Å². The molecule has 1 saturated heterocycles. The molecule has 1 aliphatic rings. The number of carboxylic acids is 1. The van der Waals surface area contributed by atoms with Crippen LogP contribution in [0.5, 0.6) is 0 Å². The Bertz CT molecular complexity index is 628. The maximum absolute atomic E-state index is 12.8. The number of rotatable bonds is 3. The molecule has 1 amide bonds. The van der Waals surface area contributed by atoms with Crippen LogP contribution in [-0.4, -0.2) is 44.8 Å². The van der Waals surface area contributed by atoms with Crippen molar-refractivity contribution >= 4 is 11.9 Å². The molecule has 6 nitrogen and oxygen atoms in total. The molecule has 1 N–H and O–H groups in total. The van der Waals surface area contributed by atoms with Crippen LogP contribution in [0.3, 0.4) is 0 Å². The smallest absolute Gasteiger partial charge is 0.311 e. The van der Waals surface area contributed by atoms with Crippen LogP contribution in [0.15, 0.2) is 6.07 Å². The molecule has 0 spiro atoms. The molecular weight excluding hydrogens is 294 g/mol. The summed E-state index contributed by atoms with van der Waals surface area (Å²) in [6.07, 6.45) is 0.496. The molecular formula is C17H27N3O3. The number of hydrogen-bond donors (Lipinski definition) is 1. The Labute approximate surface area is 137 Å². The maximum atomic E-state index is 12.8. The second-order valence-electron chi connectivity index (χ2n) is 7.88. The average Bonchev–Trinajstić information content (AvgIpc) is 3.01. The molecule has 2 rings (SSSR count). The number of aliphatic carboxylic acids is 1. The maximum Gasteiger partial charge on any atom is 0.311 e. The predicted octanol–water partition coefficient (Wildman–Crippen LogP) is 2.29. The number of aromatic nitrogens is 2. The van der Waals surface area contributed by atoms with Crippen molar-refractivity contribution < 1.29 is 14.7 Å². The van der Waals surface area contributed by atoms with E-state index in [0.717, 1.165) is 5.69 Å². The van der Waals surface area contributed by atoms with Crippen molar-refractivity contribution in [2.24, 2.45) is 18.4 Å². The fourth-order valence-electron chi connectivity index (χ4n) is 3.10. The van der Waals surface area contributed by atoms with E-state index in [1.165, 1.54) is 0 Å². The lowest BCUT2D eigenvalue weighted by Crippen LogP contribution is -2.40. The van der Waals surface area contributed by atoms with Crippen molar-refractivity contribution in [2.75, 3.05) is 13.1 Å². The number of likely N-dealkylation sites (tertiary alicyclic amines) is 1. The van der Waals surface area contributed by atoms with Gasteiger partial charge in [0.1, 0.15) is 5.69 Å². The Kier molecular flexibility index (Phi) is 4.30.